The van der Waals surface area contributed by atoms with Gasteiger partial charge in [-0.05, 0) is 25.1 Å². The summed E-state index contributed by atoms with van der Waals surface area (Å²) in [6, 6.07) is 4.89. The van der Waals surface area contributed by atoms with Gasteiger partial charge in [-0.1, -0.05) is 23.2 Å². The number of hydrogen-bond acceptors (Lipinski definition) is 3. The number of amides is 1. The Hall–Kier alpha value is -1.59. The van der Waals surface area contributed by atoms with Gasteiger partial charge >= 0.3 is 0 Å². The Morgan fingerprint density at radius 1 is 1.42 bits per heavy atom. The lowest BCUT2D eigenvalue weighted by Gasteiger charge is -2.11. The van der Waals surface area contributed by atoms with Gasteiger partial charge in [0, 0.05) is 12.1 Å². The number of nitrogens with one attached hydrogen (secondary N) is 1. The molecule has 0 spiro atoms. The molecule has 2 rings (SSSR count). The van der Waals surface area contributed by atoms with E-state index in [9.17, 15) is 4.79 Å². The van der Waals surface area contributed by atoms with Crippen LogP contribution in [0, 0.1) is 0 Å². The average molecular weight is 299 g/mol. The predicted octanol–water partition coefficient (Wildman–Crippen LogP) is 3.17. The summed E-state index contributed by atoms with van der Waals surface area (Å²) in [6.07, 6.45) is 3.31. The van der Waals surface area contributed by atoms with Crippen molar-refractivity contribution in [2.45, 2.75) is 19.4 Å². The molecule has 2 aromatic rings. The van der Waals surface area contributed by atoms with Crippen molar-refractivity contribution in [1.29, 1.82) is 0 Å². The summed E-state index contributed by atoms with van der Waals surface area (Å²) < 4.78 is 1.63. The monoisotopic (exact) mass is 298 g/mol. The second-order valence-electron chi connectivity index (χ2n) is 4.11. The largest absolute Gasteiger partial charge is 0.326 e. The number of halogens is 2. The highest BCUT2D eigenvalue weighted by atomic mass is 35.5. The number of anilines is 1. The van der Waals surface area contributed by atoms with Crippen LogP contribution >= 0.6 is 23.2 Å². The van der Waals surface area contributed by atoms with E-state index >= 15 is 0 Å². The second kappa shape index (κ2) is 6.04. The molecular formula is C12H12Cl2N4O. The molecule has 1 aromatic heterocycles. The molecule has 1 amide bonds. The van der Waals surface area contributed by atoms with E-state index in [0.29, 0.717) is 22.2 Å². The molecule has 0 radical (unpaired) electrons. The lowest BCUT2D eigenvalue weighted by molar-refractivity contribution is -0.116. The van der Waals surface area contributed by atoms with Gasteiger partial charge in [-0.2, -0.15) is 5.10 Å². The van der Waals surface area contributed by atoms with Crippen LogP contribution in [0.25, 0.3) is 0 Å². The molecule has 0 aliphatic carbocycles. The molecule has 1 atom stereocenters. The van der Waals surface area contributed by atoms with Gasteiger partial charge in [0.15, 0.2) is 0 Å². The molecule has 5 nitrogen and oxygen atoms in total. The van der Waals surface area contributed by atoms with Gasteiger partial charge in [0.25, 0.3) is 0 Å². The normalized spacial score (nSPS) is 12.2. The first kappa shape index (κ1) is 13.8. The fourth-order valence-electron chi connectivity index (χ4n) is 1.59. The van der Waals surface area contributed by atoms with Crippen LogP contribution in [0.4, 0.5) is 5.69 Å². The van der Waals surface area contributed by atoms with Crippen molar-refractivity contribution >= 4 is 34.8 Å². The molecule has 1 aromatic carbocycles. The molecule has 0 saturated heterocycles. The number of nitrogens with zero attached hydrogens (tertiary/aromatic N) is 3. The van der Waals surface area contributed by atoms with Crippen molar-refractivity contribution < 1.29 is 4.79 Å². The molecule has 0 unspecified atom stereocenters. The fraction of sp³-hybridized carbons (Fsp3) is 0.250. The van der Waals surface area contributed by atoms with Crippen LogP contribution < -0.4 is 5.32 Å². The Morgan fingerprint density at radius 2 is 2.21 bits per heavy atom. The van der Waals surface area contributed by atoms with E-state index < -0.39 is 0 Å². The summed E-state index contributed by atoms with van der Waals surface area (Å²) in [4.78, 5) is 15.7. The predicted molar refractivity (Wildman–Crippen MR) is 74.4 cm³/mol. The molecule has 0 saturated carbocycles. The Morgan fingerprint density at radius 3 is 2.84 bits per heavy atom. The number of benzene rings is 1. The van der Waals surface area contributed by atoms with Crippen molar-refractivity contribution in [2.75, 3.05) is 5.32 Å². The first-order chi connectivity index (χ1) is 9.06. The van der Waals surface area contributed by atoms with Gasteiger partial charge in [0.1, 0.15) is 12.7 Å². The zero-order valence-corrected chi connectivity index (χ0v) is 11.7. The molecular weight excluding hydrogens is 287 g/mol. The minimum atomic E-state index is -0.124. The summed E-state index contributed by atoms with van der Waals surface area (Å²) in [6.45, 7) is 1.89. The summed E-state index contributed by atoms with van der Waals surface area (Å²) in [5.74, 6) is -0.124. The Bertz CT molecular complexity index is 571. The summed E-state index contributed by atoms with van der Waals surface area (Å²) in [5.41, 5.74) is 0.616. The molecule has 19 heavy (non-hydrogen) atoms. The first-order valence-electron chi connectivity index (χ1n) is 5.65. The first-order valence-corrected chi connectivity index (χ1v) is 6.41. The third-order valence-corrected chi connectivity index (χ3v) is 3.31. The van der Waals surface area contributed by atoms with E-state index in [2.05, 4.69) is 15.4 Å². The summed E-state index contributed by atoms with van der Waals surface area (Å²) in [5, 5.41) is 7.61. The fourth-order valence-corrected chi connectivity index (χ4v) is 1.89. The van der Waals surface area contributed by atoms with Gasteiger partial charge in [-0.25, -0.2) is 9.67 Å². The minimum absolute atomic E-state index is 0.0646. The second-order valence-corrected chi connectivity index (χ2v) is 4.92. The van der Waals surface area contributed by atoms with E-state index in [1.54, 1.807) is 29.2 Å². The van der Waals surface area contributed by atoms with Crippen molar-refractivity contribution in [3.05, 3.63) is 40.9 Å². The average Bonchev–Trinajstić information content (AvgIpc) is 2.87. The van der Waals surface area contributed by atoms with E-state index in [1.165, 1.54) is 6.33 Å². The van der Waals surface area contributed by atoms with Crippen LogP contribution in [0.5, 0.6) is 0 Å². The van der Waals surface area contributed by atoms with Crippen LogP contribution in [-0.2, 0) is 4.79 Å². The molecule has 100 valence electrons. The Kier molecular flexibility index (Phi) is 4.39. The minimum Gasteiger partial charge on any atom is -0.326 e. The number of carbonyl (C=O) groups excluding carboxylic acids is 1. The number of carbonyl (C=O) groups is 1. The molecule has 0 aliphatic heterocycles. The van der Waals surface area contributed by atoms with E-state index in [1.807, 2.05) is 6.92 Å². The van der Waals surface area contributed by atoms with Gasteiger partial charge in [-0.3, -0.25) is 4.79 Å². The number of rotatable bonds is 4. The topological polar surface area (TPSA) is 59.8 Å². The van der Waals surface area contributed by atoms with Crippen LogP contribution in [0.2, 0.25) is 10.0 Å². The van der Waals surface area contributed by atoms with E-state index in [0.717, 1.165) is 0 Å². The van der Waals surface area contributed by atoms with Crippen LogP contribution in [-0.4, -0.2) is 20.7 Å². The summed E-state index contributed by atoms with van der Waals surface area (Å²) >= 11 is 11.7. The van der Waals surface area contributed by atoms with Crippen LogP contribution in [0.1, 0.15) is 19.4 Å². The zero-order valence-electron chi connectivity index (χ0n) is 10.2. The van der Waals surface area contributed by atoms with Gasteiger partial charge < -0.3 is 5.32 Å². The van der Waals surface area contributed by atoms with Crippen molar-refractivity contribution in [3.8, 4) is 0 Å². The van der Waals surface area contributed by atoms with Gasteiger partial charge in [0.05, 0.1) is 16.1 Å². The molecule has 0 aliphatic rings. The van der Waals surface area contributed by atoms with Crippen molar-refractivity contribution in [2.24, 2.45) is 0 Å². The molecule has 1 N–H and O–H groups in total. The highest BCUT2D eigenvalue weighted by molar-refractivity contribution is 6.42. The van der Waals surface area contributed by atoms with Crippen molar-refractivity contribution in [3.63, 3.8) is 0 Å². The van der Waals surface area contributed by atoms with E-state index in [-0.39, 0.29) is 11.9 Å². The maximum atomic E-state index is 11.9. The quantitative estimate of drug-likeness (QED) is 0.943. The lowest BCUT2D eigenvalue weighted by Crippen LogP contribution is -2.17. The van der Waals surface area contributed by atoms with Crippen LogP contribution in [0.3, 0.4) is 0 Å². The lowest BCUT2D eigenvalue weighted by atomic mass is 10.2. The third-order valence-electron chi connectivity index (χ3n) is 2.57. The molecule has 1 heterocycles. The standard InChI is InChI=1S/C12H12Cl2N4O/c1-8(18-7-15-6-16-18)4-12(19)17-9-2-3-10(13)11(14)5-9/h2-3,5-8H,4H2,1H3,(H,17,19)/t8-/m0/s1. The van der Waals surface area contributed by atoms with Crippen molar-refractivity contribution in [1.82, 2.24) is 14.8 Å². The number of aromatic nitrogens is 3. The highest BCUT2D eigenvalue weighted by Gasteiger charge is 2.12. The zero-order chi connectivity index (χ0) is 13.8. The van der Waals surface area contributed by atoms with Crippen LogP contribution in [0.15, 0.2) is 30.9 Å². The Labute approximate surface area is 120 Å². The van der Waals surface area contributed by atoms with Gasteiger partial charge in [-0.15, -0.1) is 0 Å². The number of hydrogen-bond donors (Lipinski definition) is 1. The third kappa shape index (κ3) is 3.68. The maximum absolute atomic E-state index is 11.9. The molecule has 7 heteroatoms. The Balaban J connectivity index is 1.95. The summed E-state index contributed by atoms with van der Waals surface area (Å²) in [7, 11) is 0. The highest BCUT2D eigenvalue weighted by Crippen LogP contribution is 2.25. The SMILES string of the molecule is C[C@@H](CC(=O)Nc1ccc(Cl)c(Cl)c1)n1cncn1. The van der Waals surface area contributed by atoms with Gasteiger partial charge in [0.2, 0.25) is 5.91 Å². The molecule has 0 bridgehead atoms. The molecule has 0 fully saturated rings. The van der Waals surface area contributed by atoms with E-state index in [4.69, 9.17) is 23.2 Å². The maximum Gasteiger partial charge on any atom is 0.226 e. The smallest absolute Gasteiger partial charge is 0.226 e.